The average Bonchev–Trinajstić information content (AvgIpc) is 3.21. The van der Waals surface area contributed by atoms with Gasteiger partial charge >= 0.3 is 0 Å². The van der Waals surface area contributed by atoms with Gasteiger partial charge in [0, 0.05) is 12.8 Å². The van der Waals surface area contributed by atoms with Crippen LogP contribution >= 0.6 is 0 Å². The van der Waals surface area contributed by atoms with Crippen molar-refractivity contribution < 1.29 is 18.4 Å². The molecular formula is C20H17FN4O3. The van der Waals surface area contributed by atoms with Crippen LogP contribution in [0.15, 0.2) is 58.2 Å². The van der Waals surface area contributed by atoms with Crippen LogP contribution in [0.25, 0.3) is 11.4 Å². The summed E-state index contributed by atoms with van der Waals surface area (Å²) in [6.45, 7) is 0.246. The molecule has 0 saturated heterocycles. The molecule has 142 valence electrons. The molecule has 0 aliphatic carbocycles. The zero-order chi connectivity index (χ0) is 19.5. The first-order valence-corrected chi connectivity index (χ1v) is 8.74. The third kappa shape index (κ3) is 3.62. The lowest BCUT2D eigenvalue weighted by atomic mass is 10.1. The van der Waals surface area contributed by atoms with Crippen LogP contribution in [0, 0.1) is 5.82 Å². The largest absolute Gasteiger partial charge is 0.496 e. The fraction of sp³-hybridized carbons (Fsp3) is 0.200. The molecular weight excluding hydrogens is 363 g/mol. The van der Waals surface area contributed by atoms with Crippen LogP contribution in [0.4, 0.5) is 4.39 Å². The maximum atomic E-state index is 13.1. The predicted molar refractivity (Wildman–Crippen MR) is 99.0 cm³/mol. The van der Waals surface area contributed by atoms with Gasteiger partial charge in [0.1, 0.15) is 17.3 Å². The Morgan fingerprint density at radius 3 is 2.71 bits per heavy atom. The van der Waals surface area contributed by atoms with Crippen molar-refractivity contribution >= 4 is 11.6 Å². The van der Waals surface area contributed by atoms with Gasteiger partial charge in [-0.15, -0.1) is 0 Å². The standard InChI is InChI=1S/C20H17FN4O3/c1-27-17-5-3-2-4-15(17)19-22-20(28-24-19)16-10-11-18(26)25(23-16)12-13-6-8-14(21)9-7-13/h2-9H,10-12H2,1H3. The zero-order valence-electron chi connectivity index (χ0n) is 15.1. The minimum Gasteiger partial charge on any atom is -0.496 e. The molecule has 0 fully saturated rings. The van der Waals surface area contributed by atoms with Crippen LogP contribution in [-0.4, -0.2) is 33.9 Å². The quantitative estimate of drug-likeness (QED) is 0.678. The van der Waals surface area contributed by atoms with E-state index in [-0.39, 0.29) is 30.6 Å². The minimum absolute atomic E-state index is 0.113. The second-order valence-electron chi connectivity index (χ2n) is 6.25. The molecule has 7 nitrogen and oxygen atoms in total. The van der Waals surface area contributed by atoms with Gasteiger partial charge in [-0.25, -0.2) is 9.40 Å². The van der Waals surface area contributed by atoms with E-state index in [0.717, 1.165) is 5.56 Å². The molecule has 4 rings (SSSR count). The van der Waals surface area contributed by atoms with Crippen molar-refractivity contribution in [3.05, 3.63) is 65.8 Å². The number of hydrazone groups is 1. The second kappa shape index (κ2) is 7.59. The number of carbonyl (C=O) groups is 1. The highest BCUT2D eigenvalue weighted by atomic mass is 19.1. The Bertz CT molecular complexity index is 1030. The Morgan fingerprint density at radius 2 is 1.93 bits per heavy atom. The highest BCUT2D eigenvalue weighted by Crippen LogP contribution is 2.27. The number of para-hydroxylation sites is 1. The highest BCUT2D eigenvalue weighted by molar-refractivity contribution is 6.01. The Morgan fingerprint density at radius 1 is 1.14 bits per heavy atom. The van der Waals surface area contributed by atoms with E-state index >= 15 is 0 Å². The Kier molecular flexibility index (Phi) is 4.84. The lowest BCUT2D eigenvalue weighted by molar-refractivity contribution is -0.132. The van der Waals surface area contributed by atoms with Gasteiger partial charge in [0.15, 0.2) is 0 Å². The van der Waals surface area contributed by atoms with E-state index < -0.39 is 0 Å². The molecule has 0 N–H and O–H groups in total. The van der Waals surface area contributed by atoms with E-state index in [1.54, 1.807) is 19.2 Å². The van der Waals surface area contributed by atoms with Gasteiger partial charge in [0.2, 0.25) is 11.7 Å². The molecule has 1 aliphatic heterocycles. The van der Waals surface area contributed by atoms with Gasteiger partial charge in [-0.3, -0.25) is 4.79 Å². The molecule has 2 heterocycles. The Hall–Kier alpha value is -3.55. The number of halogens is 1. The molecule has 0 unspecified atom stereocenters. The van der Waals surface area contributed by atoms with Gasteiger partial charge < -0.3 is 9.26 Å². The van der Waals surface area contributed by atoms with Crippen molar-refractivity contribution in [3.63, 3.8) is 0 Å². The maximum Gasteiger partial charge on any atom is 0.274 e. The van der Waals surface area contributed by atoms with Crippen LogP contribution in [0.2, 0.25) is 0 Å². The molecule has 2 aromatic carbocycles. The number of rotatable bonds is 5. The number of benzene rings is 2. The third-order valence-corrected chi connectivity index (χ3v) is 4.37. The maximum absolute atomic E-state index is 13.1. The summed E-state index contributed by atoms with van der Waals surface area (Å²) < 4.78 is 23.8. The van der Waals surface area contributed by atoms with Crippen LogP contribution in [0.1, 0.15) is 24.3 Å². The first-order valence-electron chi connectivity index (χ1n) is 8.74. The smallest absolute Gasteiger partial charge is 0.274 e. The van der Waals surface area contributed by atoms with Crippen LogP contribution in [-0.2, 0) is 11.3 Å². The molecule has 3 aromatic rings. The number of ether oxygens (including phenoxy) is 1. The molecule has 0 spiro atoms. The summed E-state index contributed by atoms with van der Waals surface area (Å²) in [5.41, 5.74) is 2.02. The monoisotopic (exact) mass is 380 g/mol. The number of hydrogen-bond donors (Lipinski definition) is 0. The molecule has 1 aliphatic rings. The second-order valence-corrected chi connectivity index (χ2v) is 6.25. The molecule has 28 heavy (non-hydrogen) atoms. The molecule has 1 aromatic heterocycles. The Balaban J connectivity index is 1.59. The molecule has 0 atom stereocenters. The van der Waals surface area contributed by atoms with E-state index in [1.165, 1.54) is 17.1 Å². The number of carbonyl (C=O) groups excluding carboxylic acids is 1. The Labute approximate surface area is 160 Å². The van der Waals surface area contributed by atoms with Crippen LogP contribution < -0.4 is 4.74 Å². The summed E-state index contributed by atoms with van der Waals surface area (Å²) in [5, 5.41) is 9.74. The van der Waals surface area contributed by atoms with E-state index in [2.05, 4.69) is 15.2 Å². The lowest BCUT2D eigenvalue weighted by Gasteiger charge is -2.22. The van der Waals surface area contributed by atoms with Crippen molar-refractivity contribution in [1.29, 1.82) is 0 Å². The number of aromatic nitrogens is 2. The average molecular weight is 380 g/mol. The first-order chi connectivity index (χ1) is 13.6. The summed E-state index contributed by atoms with van der Waals surface area (Å²) in [4.78, 5) is 16.6. The fourth-order valence-corrected chi connectivity index (χ4v) is 2.92. The van der Waals surface area contributed by atoms with E-state index in [0.29, 0.717) is 29.3 Å². The first kappa shape index (κ1) is 17.8. The van der Waals surface area contributed by atoms with E-state index in [4.69, 9.17) is 9.26 Å². The van der Waals surface area contributed by atoms with Crippen molar-refractivity contribution in [1.82, 2.24) is 15.1 Å². The molecule has 0 saturated carbocycles. The molecule has 0 radical (unpaired) electrons. The third-order valence-electron chi connectivity index (χ3n) is 4.37. The van der Waals surface area contributed by atoms with E-state index in [9.17, 15) is 9.18 Å². The molecule has 8 heteroatoms. The molecule has 1 amide bonds. The number of nitrogens with zero attached hydrogens (tertiary/aromatic N) is 4. The van der Waals surface area contributed by atoms with Gasteiger partial charge in [-0.05, 0) is 29.8 Å². The molecule has 0 bridgehead atoms. The summed E-state index contributed by atoms with van der Waals surface area (Å²) in [7, 11) is 1.57. The highest BCUT2D eigenvalue weighted by Gasteiger charge is 2.25. The summed E-state index contributed by atoms with van der Waals surface area (Å²) >= 11 is 0. The van der Waals surface area contributed by atoms with Crippen LogP contribution in [0.5, 0.6) is 5.75 Å². The van der Waals surface area contributed by atoms with Gasteiger partial charge in [0.05, 0.1) is 19.2 Å². The summed E-state index contributed by atoms with van der Waals surface area (Å²) in [6, 6.07) is 13.3. The van der Waals surface area contributed by atoms with Crippen molar-refractivity contribution in [2.45, 2.75) is 19.4 Å². The number of methoxy groups -OCH3 is 1. The van der Waals surface area contributed by atoms with Gasteiger partial charge in [0.25, 0.3) is 5.89 Å². The number of hydrogen-bond acceptors (Lipinski definition) is 6. The van der Waals surface area contributed by atoms with Gasteiger partial charge in [-0.2, -0.15) is 10.1 Å². The summed E-state index contributed by atoms with van der Waals surface area (Å²) in [6.07, 6.45) is 0.693. The van der Waals surface area contributed by atoms with Gasteiger partial charge in [-0.1, -0.05) is 29.4 Å². The normalized spacial score (nSPS) is 14.1. The van der Waals surface area contributed by atoms with Crippen molar-refractivity contribution in [2.24, 2.45) is 5.10 Å². The minimum atomic E-state index is -0.326. The van der Waals surface area contributed by atoms with Crippen LogP contribution in [0.3, 0.4) is 0 Å². The predicted octanol–water partition coefficient (Wildman–Crippen LogP) is 3.41. The topological polar surface area (TPSA) is 80.8 Å². The fourth-order valence-electron chi connectivity index (χ4n) is 2.92. The van der Waals surface area contributed by atoms with Crippen molar-refractivity contribution in [2.75, 3.05) is 7.11 Å². The van der Waals surface area contributed by atoms with E-state index in [1.807, 2.05) is 24.3 Å². The SMILES string of the molecule is COc1ccccc1-c1noc(C2=NN(Cc3ccc(F)cc3)C(=O)CC2)n1. The number of amides is 1. The summed E-state index contributed by atoms with van der Waals surface area (Å²) in [5.74, 6) is 0.841. The zero-order valence-corrected chi connectivity index (χ0v) is 15.1. The van der Waals surface area contributed by atoms with Crippen molar-refractivity contribution in [3.8, 4) is 17.1 Å². The lowest BCUT2D eigenvalue weighted by Crippen LogP contribution is -2.31.